The minimum absolute atomic E-state index is 0.0448. The quantitative estimate of drug-likeness (QED) is 0.396. The molecule has 1 aliphatic heterocycles. The lowest BCUT2D eigenvalue weighted by molar-refractivity contribution is -0.129. The van der Waals surface area contributed by atoms with Gasteiger partial charge in [0.05, 0.1) is 41.4 Å². The van der Waals surface area contributed by atoms with Gasteiger partial charge in [-0.2, -0.15) is 0 Å². The Hall–Kier alpha value is -4.73. The van der Waals surface area contributed by atoms with E-state index in [1.807, 2.05) is 29.2 Å². The molecule has 1 unspecified atom stereocenters. The fourth-order valence-corrected chi connectivity index (χ4v) is 4.56. The summed E-state index contributed by atoms with van der Waals surface area (Å²) in [6.45, 7) is 2.33. The third-order valence-electron chi connectivity index (χ3n) is 6.23. The van der Waals surface area contributed by atoms with Crippen LogP contribution in [0, 0.1) is 0 Å². The summed E-state index contributed by atoms with van der Waals surface area (Å²) >= 11 is 0. The van der Waals surface area contributed by atoms with Gasteiger partial charge in [-0.05, 0) is 31.0 Å². The predicted octanol–water partition coefficient (Wildman–Crippen LogP) is 4.35. The molecule has 1 atom stereocenters. The van der Waals surface area contributed by atoms with Crippen molar-refractivity contribution in [1.29, 1.82) is 0 Å². The van der Waals surface area contributed by atoms with Crippen LogP contribution in [0.3, 0.4) is 0 Å². The molecule has 1 fully saturated rings. The number of carbonyl (C=O) groups is 1. The maximum absolute atomic E-state index is 12.4. The van der Waals surface area contributed by atoms with Crippen molar-refractivity contribution in [1.82, 2.24) is 39.8 Å². The lowest BCUT2D eigenvalue weighted by Gasteiger charge is -2.25. The van der Waals surface area contributed by atoms with Crippen LogP contribution in [0.4, 0.5) is 0 Å². The van der Waals surface area contributed by atoms with Gasteiger partial charge in [-0.15, -0.1) is 0 Å². The number of imidazole rings is 1. The molecule has 10 heteroatoms. The molecule has 0 spiro atoms. The number of pyridine rings is 1. The summed E-state index contributed by atoms with van der Waals surface area (Å²) in [6.07, 6.45) is 13.3. The van der Waals surface area contributed by atoms with Crippen molar-refractivity contribution >= 4 is 16.9 Å². The maximum Gasteiger partial charge on any atom is 0.219 e. The number of hydrogen-bond donors (Lipinski definition) is 1. The van der Waals surface area contributed by atoms with Gasteiger partial charge >= 0.3 is 0 Å². The number of rotatable bonds is 5. The first-order valence-corrected chi connectivity index (χ1v) is 11.6. The third-order valence-corrected chi connectivity index (χ3v) is 6.23. The second-order valence-electron chi connectivity index (χ2n) is 8.53. The number of H-pyrrole nitrogens is 1. The minimum Gasteiger partial charge on any atom is -0.455 e. The van der Waals surface area contributed by atoms with Gasteiger partial charge in [-0.25, -0.2) is 9.97 Å². The third kappa shape index (κ3) is 4.13. The maximum atomic E-state index is 12.4. The van der Waals surface area contributed by atoms with E-state index in [0.717, 1.165) is 36.0 Å². The van der Waals surface area contributed by atoms with E-state index in [9.17, 15) is 4.79 Å². The molecule has 178 valence electrons. The number of ether oxygens (including phenoxy) is 1. The molecule has 1 aromatic carbocycles. The molecule has 5 aromatic rings. The number of fused-ring (bicyclic) bond motifs is 1. The zero-order valence-corrected chi connectivity index (χ0v) is 19.5. The van der Waals surface area contributed by atoms with Crippen LogP contribution >= 0.6 is 0 Å². The van der Waals surface area contributed by atoms with Crippen molar-refractivity contribution < 1.29 is 9.53 Å². The highest BCUT2D eigenvalue weighted by Gasteiger charge is 2.31. The first-order chi connectivity index (χ1) is 17.7. The zero-order valence-electron chi connectivity index (χ0n) is 19.5. The molecule has 6 rings (SSSR count). The second kappa shape index (κ2) is 9.14. The molecule has 0 aliphatic carbocycles. The largest absolute Gasteiger partial charge is 0.455 e. The van der Waals surface area contributed by atoms with Gasteiger partial charge in [0, 0.05) is 49.9 Å². The number of nitrogens with zero attached hydrogens (tertiary/aromatic N) is 7. The number of hydrogen-bond acceptors (Lipinski definition) is 8. The topological polar surface area (TPSA) is 123 Å². The van der Waals surface area contributed by atoms with Gasteiger partial charge in [0.15, 0.2) is 5.82 Å². The number of benzene rings is 1. The highest BCUT2D eigenvalue weighted by molar-refractivity contribution is 5.82. The van der Waals surface area contributed by atoms with E-state index in [2.05, 4.69) is 29.9 Å². The molecular formula is C26H22N8O2. The average Bonchev–Trinajstić information content (AvgIpc) is 3.57. The molecule has 1 N–H and O–H groups in total. The standard InChI is InChI=1S/C26H22N8O2/c1-16(35)34-10-2-3-24(34)18-11-20-21(33-26(32-20)23-15-28-7-9-30-23)12-25(18)36-17-4-5-19(31-13-17)22-14-27-6-8-29-22/h4-9,11-15,24H,2-3,10H2,1H3,(H,32,33). The lowest BCUT2D eigenvalue weighted by atomic mass is 10.0. The Balaban J connectivity index is 1.40. The fourth-order valence-electron chi connectivity index (χ4n) is 4.56. The Morgan fingerprint density at radius 3 is 2.47 bits per heavy atom. The second-order valence-corrected chi connectivity index (χ2v) is 8.53. The van der Waals surface area contributed by atoms with E-state index in [0.29, 0.717) is 34.4 Å². The van der Waals surface area contributed by atoms with Crippen LogP contribution in [0.5, 0.6) is 11.5 Å². The summed E-state index contributed by atoms with van der Waals surface area (Å²) < 4.78 is 6.35. The predicted molar refractivity (Wildman–Crippen MR) is 132 cm³/mol. The van der Waals surface area contributed by atoms with Crippen molar-refractivity contribution in [2.75, 3.05) is 6.54 Å². The van der Waals surface area contributed by atoms with Crippen LogP contribution in [0.1, 0.15) is 31.4 Å². The first kappa shape index (κ1) is 21.8. The molecular weight excluding hydrogens is 456 g/mol. The fraction of sp³-hybridized carbons (Fsp3) is 0.192. The van der Waals surface area contributed by atoms with Crippen LogP contribution in [0.25, 0.3) is 33.9 Å². The van der Waals surface area contributed by atoms with E-state index in [1.54, 1.807) is 50.3 Å². The summed E-state index contributed by atoms with van der Waals surface area (Å²) in [5.41, 5.74) is 4.51. The summed E-state index contributed by atoms with van der Waals surface area (Å²) in [7, 11) is 0. The first-order valence-electron chi connectivity index (χ1n) is 11.6. The van der Waals surface area contributed by atoms with Gasteiger partial charge in [-0.1, -0.05) is 0 Å². The normalized spacial score (nSPS) is 15.4. The number of carbonyl (C=O) groups excluding carboxylic acids is 1. The van der Waals surface area contributed by atoms with E-state index in [1.165, 1.54) is 0 Å². The van der Waals surface area contributed by atoms with Crippen molar-refractivity contribution in [3.8, 4) is 34.4 Å². The van der Waals surface area contributed by atoms with E-state index in [-0.39, 0.29) is 11.9 Å². The van der Waals surface area contributed by atoms with Gasteiger partial charge in [0.2, 0.25) is 5.91 Å². The van der Waals surface area contributed by atoms with E-state index < -0.39 is 0 Å². The monoisotopic (exact) mass is 478 g/mol. The van der Waals surface area contributed by atoms with Crippen molar-refractivity contribution in [3.63, 3.8) is 0 Å². The Bertz CT molecular complexity index is 1520. The molecule has 0 bridgehead atoms. The number of aromatic amines is 1. The van der Waals surface area contributed by atoms with E-state index >= 15 is 0 Å². The molecule has 1 aliphatic rings. The summed E-state index contributed by atoms with van der Waals surface area (Å²) in [5.74, 6) is 1.86. The Morgan fingerprint density at radius 1 is 0.972 bits per heavy atom. The summed E-state index contributed by atoms with van der Waals surface area (Å²) in [6, 6.07) is 7.52. The average molecular weight is 479 g/mol. The van der Waals surface area contributed by atoms with Gasteiger partial charge in [0.25, 0.3) is 0 Å². The van der Waals surface area contributed by atoms with E-state index in [4.69, 9.17) is 9.72 Å². The number of nitrogens with one attached hydrogen (secondary N) is 1. The van der Waals surface area contributed by atoms with Gasteiger partial charge in [0.1, 0.15) is 22.9 Å². The SMILES string of the molecule is CC(=O)N1CCCC1c1cc2[nH]c(-c3cnccn3)nc2cc1Oc1ccc(-c2cnccn2)nc1. The molecule has 5 heterocycles. The highest BCUT2D eigenvalue weighted by Crippen LogP contribution is 2.41. The lowest BCUT2D eigenvalue weighted by Crippen LogP contribution is -2.28. The van der Waals surface area contributed by atoms with Crippen LogP contribution in [0.15, 0.2) is 67.6 Å². The summed E-state index contributed by atoms with van der Waals surface area (Å²) in [4.78, 5) is 43.7. The molecule has 1 amide bonds. The van der Waals surface area contributed by atoms with Crippen molar-refractivity contribution in [2.45, 2.75) is 25.8 Å². The zero-order chi connectivity index (χ0) is 24.5. The highest BCUT2D eigenvalue weighted by atomic mass is 16.5. The van der Waals surface area contributed by atoms with Crippen LogP contribution in [-0.4, -0.2) is 52.2 Å². The van der Waals surface area contributed by atoms with Gasteiger partial charge in [-0.3, -0.25) is 24.7 Å². The van der Waals surface area contributed by atoms with Crippen molar-refractivity contribution in [3.05, 3.63) is 73.2 Å². The molecule has 10 nitrogen and oxygen atoms in total. The number of amides is 1. The smallest absolute Gasteiger partial charge is 0.219 e. The minimum atomic E-state index is -0.0861. The molecule has 4 aromatic heterocycles. The van der Waals surface area contributed by atoms with Crippen LogP contribution in [0.2, 0.25) is 0 Å². The van der Waals surface area contributed by atoms with Gasteiger partial charge < -0.3 is 14.6 Å². The summed E-state index contributed by atoms with van der Waals surface area (Å²) in [5, 5.41) is 0. The molecule has 36 heavy (non-hydrogen) atoms. The Labute approximate surface area is 206 Å². The number of aromatic nitrogens is 7. The number of likely N-dealkylation sites (tertiary alicyclic amines) is 1. The Morgan fingerprint density at radius 2 is 1.78 bits per heavy atom. The molecule has 1 saturated heterocycles. The van der Waals surface area contributed by atoms with Crippen LogP contribution in [-0.2, 0) is 4.79 Å². The van der Waals surface area contributed by atoms with Crippen molar-refractivity contribution in [2.24, 2.45) is 0 Å². The van der Waals surface area contributed by atoms with Crippen LogP contribution < -0.4 is 4.74 Å². The molecule has 0 radical (unpaired) electrons. The Kier molecular flexibility index (Phi) is 5.53. The molecule has 0 saturated carbocycles.